The van der Waals surface area contributed by atoms with Gasteiger partial charge in [0.25, 0.3) is 0 Å². The second kappa shape index (κ2) is 4.37. The van der Waals surface area contributed by atoms with Gasteiger partial charge >= 0.3 is 0 Å². The summed E-state index contributed by atoms with van der Waals surface area (Å²) >= 11 is 0. The molecule has 4 heteroatoms. The molecule has 0 bridgehead atoms. The number of aliphatic hydroxyl groups is 1. The van der Waals surface area contributed by atoms with E-state index in [0.717, 1.165) is 0 Å². The zero-order chi connectivity index (χ0) is 10.7. The molecule has 1 heterocycles. The molecule has 14 heavy (non-hydrogen) atoms. The van der Waals surface area contributed by atoms with Gasteiger partial charge in [-0.1, -0.05) is 13.8 Å². The molecule has 0 aliphatic rings. The minimum atomic E-state index is -0.150. The molecule has 0 saturated carbocycles. The highest BCUT2D eigenvalue weighted by Gasteiger charge is 2.17. The van der Waals surface area contributed by atoms with E-state index >= 15 is 0 Å². The lowest BCUT2D eigenvalue weighted by Crippen LogP contribution is -2.19. The monoisotopic (exact) mass is 196 g/mol. The standard InChI is InChI=1S/C10H16N2O2/c1-7(2)10(14)9-4-5-11-12(9)8(3)6-13/h4-5,7-8,13H,6H2,1-3H3. The number of nitrogens with zero attached hydrogens (tertiary/aromatic N) is 2. The van der Waals surface area contributed by atoms with Gasteiger partial charge < -0.3 is 5.11 Å². The molecule has 1 aromatic heterocycles. The Kier molecular flexibility index (Phi) is 3.41. The van der Waals surface area contributed by atoms with Crippen molar-refractivity contribution in [2.24, 2.45) is 5.92 Å². The van der Waals surface area contributed by atoms with E-state index in [9.17, 15) is 4.79 Å². The van der Waals surface area contributed by atoms with E-state index in [1.807, 2.05) is 20.8 Å². The van der Waals surface area contributed by atoms with Crippen LogP contribution < -0.4 is 0 Å². The van der Waals surface area contributed by atoms with Crippen molar-refractivity contribution in [1.29, 1.82) is 0 Å². The van der Waals surface area contributed by atoms with E-state index in [0.29, 0.717) is 5.69 Å². The highest BCUT2D eigenvalue weighted by molar-refractivity contribution is 5.95. The van der Waals surface area contributed by atoms with Gasteiger partial charge in [0.05, 0.1) is 12.6 Å². The molecule has 0 radical (unpaired) electrons. The number of Topliss-reactive ketones (excluding diaryl/α,β-unsaturated/α-hetero) is 1. The Balaban J connectivity index is 2.98. The number of hydrogen-bond acceptors (Lipinski definition) is 3. The highest BCUT2D eigenvalue weighted by atomic mass is 16.3. The first-order chi connectivity index (χ1) is 6.57. The number of aliphatic hydroxyl groups excluding tert-OH is 1. The summed E-state index contributed by atoms with van der Waals surface area (Å²) in [4.78, 5) is 11.7. The number of aromatic nitrogens is 2. The maximum Gasteiger partial charge on any atom is 0.183 e. The third kappa shape index (κ3) is 2.01. The Hall–Kier alpha value is -1.16. The lowest BCUT2D eigenvalue weighted by Gasteiger charge is -2.13. The SMILES string of the molecule is CC(C)C(=O)c1ccnn1C(C)CO. The molecular weight excluding hydrogens is 180 g/mol. The van der Waals surface area contributed by atoms with E-state index in [1.165, 1.54) is 0 Å². The van der Waals surface area contributed by atoms with Crippen LogP contribution in [0.5, 0.6) is 0 Å². The largest absolute Gasteiger partial charge is 0.394 e. The molecule has 0 spiro atoms. The molecular formula is C10H16N2O2. The van der Waals surface area contributed by atoms with Crippen LogP contribution in [-0.2, 0) is 0 Å². The van der Waals surface area contributed by atoms with Gasteiger partial charge in [0.1, 0.15) is 5.69 Å². The van der Waals surface area contributed by atoms with Gasteiger partial charge in [-0.05, 0) is 13.0 Å². The molecule has 0 aromatic carbocycles. The molecule has 0 saturated heterocycles. The van der Waals surface area contributed by atoms with E-state index in [4.69, 9.17) is 5.11 Å². The molecule has 0 fully saturated rings. The molecule has 4 nitrogen and oxygen atoms in total. The van der Waals surface area contributed by atoms with Gasteiger partial charge in [-0.25, -0.2) is 0 Å². The predicted octanol–water partition coefficient (Wildman–Crippen LogP) is 1.28. The Morgan fingerprint density at radius 3 is 2.71 bits per heavy atom. The van der Waals surface area contributed by atoms with Gasteiger partial charge in [0.15, 0.2) is 5.78 Å². The molecule has 1 N–H and O–H groups in total. The van der Waals surface area contributed by atoms with Crippen molar-refractivity contribution in [2.45, 2.75) is 26.8 Å². The van der Waals surface area contributed by atoms with Crippen LogP contribution in [0.3, 0.4) is 0 Å². The molecule has 1 unspecified atom stereocenters. The maximum atomic E-state index is 11.7. The number of carbonyl (C=O) groups is 1. The molecule has 1 aromatic rings. The Morgan fingerprint density at radius 1 is 1.57 bits per heavy atom. The zero-order valence-electron chi connectivity index (χ0n) is 8.77. The van der Waals surface area contributed by atoms with Crippen molar-refractivity contribution < 1.29 is 9.90 Å². The number of carbonyl (C=O) groups excluding carboxylic acids is 1. The zero-order valence-corrected chi connectivity index (χ0v) is 8.77. The average Bonchev–Trinajstić information content (AvgIpc) is 2.63. The Bertz CT molecular complexity index is 318. The minimum Gasteiger partial charge on any atom is -0.394 e. The Morgan fingerprint density at radius 2 is 2.21 bits per heavy atom. The van der Waals surface area contributed by atoms with E-state index in [-0.39, 0.29) is 24.3 Å². The molecule has 0 amide bonds. The lowest BCUT2D eigenvalue weighted by atomic mass is 10.1. The molecule has 1 atom stereocenters. The predicted molar refractivity (Wildman–Crippen MR) is 53.2 cm³/mol. The van der Waals surface area contributed by atoms with Crippen molar-refractivity contribution in [1.82, 2.24) is 9.78 Å². The van der Waals surface area contributed by atoms with E-state index in [1.54, 1.807) is 16.9 Å². The molecule has 0 aliphatic heterocycles. The Labute approximate surface area is 83.5 Å². The van der Waals surface area contributed by atoms with Crippen LogP contribution in [0.25, 0.3) is 0 Å². The summed E-state index contributed by atoms with van der Waals surface area (Å²) in [7, 11) is 0. The lowest BCUT2D eigenvalue weighted by molar-refractivity contribution is 0.0923. The minimum absolute atomic E-state index is 0.0138. The van der Waals surface area contributed by atoms with Crippen LogP contribution >= 0.6 is 0 Å². The van der Waals surface area contributed by atoms with Crippen LogP contribution in [-0.4, -0.2) is 27.3 Å². The first-order valence-corrected chi connectivity index (χ1v) is 4.76. The first-order valence-electron chi connectivity index (χ1n) is 4.76. The van der Waals surface area contributed by atoms with Crippen LogP contribution in [0.4, 0.5) is 0 Å². The summed E-state index contributed by atoms with van der Waals surface area (Å²) < 4.78 is 1.57. The summed E-state index contributed by atoms with van der Waals surface area (Å²) in [6.45, 7) is 5.51. The van der Waals surface area contributed by atoms with Crippen LogP contribution in [0.15, 0.2) is 12.3 Å². The quantitative estimate of drug-likeness (QED) is 0.738. The smallest absolute Gasteiger partial charge is 0.183 e. The third-order valence-electron chi connectivity index (χ3n) is 2.13. The maximum absolute atomic E-state index is 11.7. The van der Waals surface area contributed by atoms with Gasteiger partial charge in [-0.2, -0.15) is 5.10 Å². The van der Waals surface area contributed by atoms with Gasteiger partial charge in [0.2, 0.25) is 0 Å². The normalized spacial score (nSPS) is 13.2. The van der Waals surface area contributed by atoms with E-state index < -0.39 is 0 Å². The highest BCUT2D eigenvalue weighted by Crippen LogP contribution is 2.12. The second-order valence-electron chi connectivity index (χ2n) is 3.71. The van der Waals surface area contributed by atoms with Crippen LogP contribution in [0, 0.1) is 5.92 Å². The number of ketones is 1. The summed E-state index contributed by atoms with van der Waals surface area (Å²) in [5.41, 5.74) is 0.571. The summed E-state index contributed by atoms with van der Waals surface area (Å²) in [6.07, 6.45) is 1.59. The van der Waals surface area contributed by atoms with Crippen molar-refractivity contribution in [3.8, 4) is 0 Å². The van der Waals surface area contributed by atoms with Crippen molar-refractivity contribution in [3.05, 3.63) is 18.0 Å². The molecule has 1 rings (SSSR count). The van der Waals surface area contributed by atoms with Crippen molar-refractivity contribution in [2.75, 3.05) is 6.61 Å². The number of hydrogen-bond donors (Lipinski definition) is 1. The first kappa shape index (κ1) is 10.9. The fourth-order valence-electron chi connectivity index (χ4n) is 1.23. The number of rotatable bonds is 4. The fraction of sp³-hybridized carbons (Fsp3) is 0.600. The van der Waals surface area contributed by atoms with E-state index in [2.05, 4.69) is 5.10 Å². The second-order valence-corrected chi connectivity index (χ2v) is 3.71. The van der Waals surface area contributed by atoms with Crippen LogP contribution in [0.2, 0.25) is 0 Å². The summed E-state index contributed by atoms with van der Waals surface area (Å²) in [5.74, 6) is 0.0131. The average molecular weight is 196 g/mol. The molecule has 78 valence electrons. The van der Waals surface area contributed by atoms with Crippen molar-refractivity contribution in [3.63, 3.8) is 0 Å². The topological polar surface area (TPSA) is 55.1 Å². The summed E-state index contributed by atoms with van der Waals surface area (Å²) in [6, 6.07) is 1.54. The third-order valence-corrected chi connectivity index (χ3v) is 2.13. The van der Waals surface area contributed by atoms with Gasteiger partial charge in [-0.3, -0.25) is 9.48 Å². The van der Waals surface area contributed by atoms with Gasteiger partial charge in [-0.15, -0.1) is 0 Å². The van der Waals surface area contributed by atoms with Crippen LogP contribution in [0.1, 0.15) is 37.3 Å². The van der Waals surface area contributed by atoms with Gasteiger partial charge in [0, 0.05) is 12.1 Å². The fourth-order valence-corrected chi connectivity index (χ4v) is 1.23. The molecule has 0 aliphatic carbocycles. The van der Waals surface area contributed by atoms with Crippen molar-refractivity contribution >= 4 is 5.78 Å². The summed E-state index contributed by atoms with van der Waals surface area (Å²) in [5, 5.41) is 13.0.